The van der Waals surface area contributed by atoms with Crippen molar-refractivity contribution in [2.45, 2.75) is 18.2 Å². The van der Waals surface area contributed by atoms with Gasteiger partial charge in [0.25, 0.3) is 0 Å². The summed E-state index contributed by atoms with van der Waals surface area (Å²) in [6, 6.07) is 7.79. The van der Waals surface area contributed by atoms with Crippen LogP contribution in [0, 0.1) is 0 Å². The van der Waals surface area contributed by atoms with Gasteiger partial charge < -0.3 is 5.73 Å². The Hall–Kier alpha value is -1.70. The molecule has 2 aromatic heterocycles. The fraction of sp³-hybridized carbons (Fsp3) is 0.133. The molecule has 0 amide bonds. The van der Waals surface area contributed by atoms with Gasteiger partial charge in [0, 0.05) is 11.0 Å². The molecule has 114 valence electrons. The summed E-state index contributed by atoms with van der Waals surface area (Å²) in [5, 5.41) is 2.00. The summed E-state index contributed by atoms with van der Waals surface area (Å²) < 4.78 is 1.77. The lowest BCUT2D eigenvalue weighted by Gasteiger charge is -1.98. The molecular formula is C15H15N3OS3. The number of nitrogens with zero attached hydrogens (tertiary/aromatic N) is 2. The van der Waals surface area contributed by atoms with Gasteiger partial charge in [-0.2, -0.15) is 0 Å². The number of nitrogen functional groups attached to an aromatic ring is 1. The highest BCUT2D eigenvalue weighted by molar-refractivity contribution is 8.16. The second kappa shape index (κ2) is 7.53. The molecule has 4 nitrogen and oxygen atoms in total. The van der Waals surface area contributed by atoms with Crippen molar-refractivity contribution < 1.29 is 4.79 Å². The zero-order valence-corrected chi connectivity index (χ0v) is 14.6. The Morgan fingerprint density at radius 3 is 2.64 bits per heavy atom. The molecule has 2 heterocycles. The average Bonchev–Trinajstić information content (AvgIpc) is 3.13. The van der Waals surface area contributed by atoms with E-state index in [0.29, 0.717) is 20.7 Å². The normalized spacial score (nSPS) is 10.1. The number of fused-ring (bicyclic) bond motifs is 1. The number of hydrogen-bond acceptors (Lipinski definition) is 7. The molecule has 0 aliphatic heterocycles. The second-order valence-corrected chi connectivity index (χ2v) is 7.03. The largest absolute Gasteiger partial charge is 0.375 e. The van der Waals surface area contributed by atoms with Crippen LogP contribution in [0.1, 0.15) is 19.5 Å². The summed E-state index contributed by atoms with van der Waals surface area (Å²) >= 11 is 3.86. The predicted molar refractivity (Wildman–Crippen MR) is 97.4 cm³/mol. The van der Waals surface area contributed by atoms with Crippen molar-refractivity contribution in [1.29, 1.82) is 0 Å². The van der Waals surface area contributed by atoms with Crippen molar-refractivity contribution in [3.8, 4) is 0 Å². The Bertz CT molecular complexity index is 774. The number of carbonyl (C=O) groups is 1. The average molecular weight is 350 g/mol. The Morgan fingerprint density at radius 1 is 1.27 bits per heavy atom. The lowest BCUT2D eigenvalue weighted by Crippen LogP contribution is -1.96. The quantitative estimate of drug-likeness (QED) is 0.548. The summed E-state index contributed by atoms with van der Waals surface area (Å²) in [6.07, 6.45) is 0. The van der Waals surface area contributed by atoms with Gasteiger partial charge in [-0.25, -0.2) is 9.97 Å². The van der Waals surface area contributed by atoms with Crippen LogP contribution in [0.2, 0.25) is 0 Å². The molecule has 7 heteroatoms. The molecule has 0 radical (unpaired) electrons. The zero-order chi connectivity index (χ0) is 16.1. The van der Waals surface area contributed by atoms with Crippen LogP contribution in [0.4, 0.5) is 5.13 Å². The highest BCUT2D eigenvalue weighted by Crippen LogP contribution is 2.33. The highest BCUT2D eigenvalue weighted by atomic mass is 32.2. The third-order valence-electron chi connectivity index (χ3n) is 2.53. The molecule has 3 aromatic rings. The van der Waals surface area contributed by atoms with E-state index in [1.165, 1.54) is 22.7 Å². The van der Waals surface area contributed by atoms with Crippen molar-refractivity contribution in [1.82, 2.24) is 9.97 Å². The topological polar surface area (TPSA) is 68.9 Å². The van der Waals surface area contributed by atoms with Crippen molar-refractivity contribution >= 4 is 60.5 Å². The SMILES string of the molecule is C=C(C(=O)Sc1nc2ccccc2s1)c1csc(N)n1.CC. The van der Waals surface area contributed by atoms with Crippen molar-refractivity contribution in [3.63, 3.8) is 0 Å². The van der Waals surface area contributed by atoms with E-state index in [2.05, 4.69) is 16.5 Å². The number of rotatable bonds is 3. The van der Waals surface area contributed by atoms with Gasteiger partial charge in [-0.15, -0.1) is 22.7 Å². The van der Waals surface area contributed by atoms with Gasteiger partial charge >= 0.3 is 0 Å². The number of hydrogen-bond donors (Lipinski definition) is 1. The maximum absolute atomic E-state index is 12.2. The summed E-state index contributed by atoms with van der Waals surface area (Å²) in [6.45, 7) is 7.78. The smallest absolute Gasteiger partial charge is 0.227 e. The molecule has 0 atom stereocenters. The van der Waals surface area contributed by atoms with Crippen LogP contribution in [-0.4, -0.2) is 15.1 Å². The fourth-order valence-corrected chi connectivity index (χ4v) is 4.04. The van der Waals surface area contributed by atoms with E-state index < -0.39 is 0 Å². The third kappa shape index (κ3) is 3.73. The number of thiazole rings is 2. The van der Waals surface area contributed by atoms with Gasteiger partial charge in [-0.3, -0.25) is 4.79 Å². The lowest BCUT2D eigenvalue weighted by atomic mass is 10.3. The molecule has 0 bridgehead atoms. The first-order valence-electron chi connectivity index (χ1n) is 6.61. The van der Waals surface area contributed by atoms with Gasteiger partial charge in [0.15, 0.2) is 9.47 Å². The maximum Gasteiger partial charge on any atom is 0.227 e. The van der Waals surface area contributed by atoms with E-state index in [1.807, 2.05) is 38.1 Å². The molecule has 0 saturated heterocycles. The first-order chi connectivity index (χ1) is 10.6. The molecule has 0 aliphatic rings. The summed E-state index contributed by atoms with van der Waals surface area (Å²) in [5.41, 5.74) is 7.34. The minimum atomic E-state index is -0.158. The zero-order valence-electron chi connectivity index (χ0n) is 12.2. The van der Waals surface area contributed by atoms with Crippen LogP contribution in [0.5, 0.6) is 0 Å². The van der Waals surface area contributed by atoms with Gasteiger partial charge in [-0.05, 0) is 23.9 Å². The van der Waals surface area contributed by atoms with Gasteiger partial charge in [0.1, 0.15) is 0 Å². The second-order valence-electron chi connectivity index (χ2n) is 3.89. The van der Waals surface area contributed by atoms with E-state index >= 15 is 0 Å². The molecule has 0 saturated carbocycles. The van der Waals surface area contributed by atoms with E-state index in [-0.39, 0.29) is 5.12 Å². The molecule has 22 heavy (non-hydrogen) atoms. The van der Waals surface area contributed by atoms with Gasteiger partial charge in [0.2, 0.25) is 5.12 Å². The number of thioether (sulfide) groups is 1. The minimum Gasteiger partial charge on any atom is -0.375 e. The van der Waals surface area contributed by atoms with E-state index in [1.54, 1.807) is 5.38 Å². The Labute approximate surface area is 141 Å². The summed E-state index contributed by atoms with van der Waals surface area (Å²) in [5.74, 6) is 0. The minimum absolute atomic E-state index is 0.158. The molecule has 2 N–H and O–H groups in total. The number of nitrogens with two attached hydrogens (primary N) is 1. The summed E-state index contributed by atoms with van der Waals surface area (Å²) in [7, 11) is 0. The fourth-order valence-electron chi connectivity index (χ4n) is 1.57. The Morgan fingerprint density at radius 2 is 2.00 bits per heavy atom. The molecule has 1 aromatic carbocycles. The molecule has 0 aliphatic carbocycles. The molecule has 0 fully saturated rings. The van der Waals surface area contributed by atoms with E-state index in [9.17, 15) is 4.79 Å². The maximum atomic E-state index is 12.2. The van der Waals surface area contributed by atoms with Crippen LogP contribution in [0.3, 0.4) is 0 Å². The predicted octanol–water partition coefficient (Wildman–Crippen LogP) is 4.69. The monoisotopic (exact) mass is 349 g/mol. The van der Waals surface area contributed by atoms with Gasteiger partial charge in [-0.1, -0.05) is 32.6 Å². The lowest BCUT2D eigenvalue weighted by molar-refractivity contribution is -0.106. The van der Waals surface area contributed by atoms with Crippen molar-refractivity contribution in [2.75, 3.05) is 5.73 Å². The Kier molecular flexibility index (Phi) is 5.70. The molecule has 0 unspecified atom stereocenters. The van der Waals surface area contributed by atoms with Crippen LogP contribution < -0.4 is 5.73 Å². The first-order valence-corrected chi connectivity index (χ1v) is 9.13. The molecule has 0 spiro atoms. The van der Waals surface area contributed by atoms with E-state index in [4.69, 9.17) is 5.73 Å². The summed E-state index contributed by atoms with van der Waals surface area (Å²) in [4.78, 5) is 20.6. The number of aromatic nitrogens is 2. The number of benzene rings is 1. The number of carbonyl (C=O) groups excluding carboxylic acids is 1. The highest BCUT2D eigenvalue weighted by Gasteiger charge is 2.16. The first kappa shape index (κ1) is 16.7. The van der Waals surface area contributed by atoms with Crippen molar-refractivity contribution in [2.24, 2.45) is 0 Å². The molecular weight excluding hydrogens is 334 g/mol. The number of anilines is 1. The van der Waals surface area contributed by atoms with Crippen molar-refractivity contribution in [3.05, 3.63) is 41.9 Å². The Balaban J connectivity index is 0.000000847. The molecule has 3 rings (SSSR count). The third-order valence-corrected chi connectivity index (χ3v) is 5.23. The standard InChI is InChI=1S/C13H9N3OS3.C2H6/c1-7(9-6-18-12(14)15-9)11(17)20-13-16-8-4-2-3-5-10(8)19-13;1-2/h2-6H,1H2,(H2,14,15);1-2H3. The van der Waals surface area contributed by atoms with Crippen LogP contribution in [0.15, 0.2) is 40.6 Å². The van der Waals surface area contributed by atoms with Crippen LogP contribution in [0.25, 0.3) is 15.8 Å². The van der Waals surface area contributed by atoms with Crippen LogP contribution >= 0.6 is 34.4 Å². The van der Waals surface area contributed by atoms with Gasteiger partial charge in [0.05, 0.1) is 15.9 Å². The van der Waals surface area contributed by atoms with Crippen LogP contribution in [-0.2, 0) is 4.79 Å². The number of para-hydroxylation sites is 1. The van der Waals surface area contributed by atoms with E-state index in [0.717, 1.165) is 22.0 Å².